The number of hydrogen-bond donors (Lipinski definition) is 2. The highest BCUT2D eigenvalue weighted by Gasteiger charge is 2.46. The van der Waals surface area contributed by atoms with E-state index in [4.69, 9.17) is 6.57 Å². The van der Waals surface area contributed by atoms with Gasteiger partial charge in [-0.25, -0.2) is 6.57 Å². The molecule has 0 saturated heterocycles. The first-order chi connectivity index (χ1) is 13.8. The van der Waals surface area contributed by atoms with Gasteiger partial charge in [0.25, 0.3) is 0 Å². The van der Waals surface area contributed by atoms with E-state index in [1.54, 1.807) is 0 Å². The third kappa shape index (κ3) is 6.88. The van der Waals surface area contributed by atoms with E-state index < -0.39 is 12.2 Å². The van der Waals surface area contributed by atoms with Crippen LogP contribution in [0.25, 0.3) is 4.85 Å². The van der Waals surface area contributed by atoms with Crippen molar-refractivity contribution in [2.45, 2.75) is 96.8 Å². The van der Waals surface area contributed by atoms with Crippen LogP contribution in [0.15, 0.2) is 24.3 Å². The van der Waals surface area contributed by atoms with E-state index in [1.165, 1.54) is 0 Å². The molecule has 1 fully saturated rings. The average molecular weight is 396 g/mol. The molecule has 2 N–H and O–H groups in total. The molecular weight excluding hydrogens is 358 g/mol. The highest BCUT2D eigenvalue weighted by molar-refractivity contribution is 5.33. The summed E-state index contributed by atoms with van der Waals surface area (Å²) in [4.78, 5) is 3.74. The van der Waals surface area contributed by atoms with Crippen molar-refractivity contribution >= 4 is 0 Å². The van der Waals surface area contributed by atoms with Crippen LogP contribution in [-0.2, 0) is 0 Å². The molecule has 29 heavy (non-hydrogen) atoms. The van der Waals surface area contributed by atoms with Crippen molar-refractivity contribution in [1.29, 1.82) is 0 Å². The van der Waals surface area contributed by atoms with E-state index in [9.17, 15) is 10.2 Å². The van der Waals surface area contributed by atoms with Crippen molar-refractivity contribution in [3.8, 4) is 11.8 Å². The Morgan fingerprint density at radius 2 is 1.90 bits per heavy atom. The zero-order valence-electron chi connectivity index (χ0n) is 18.5. The number of benzene rings is 1. The van der Waals surface area contributed by atoms with Gasteiger partial charge in [0, 0.05) is 12.3 Å². The van der Waals surface area contributed by atoms with Gasteiger partial charge in [-0.15, -0.1) is 5.92 Å². The van der Waals surface area contributed by atoms with E-state index in [0.29, 0.717) is 6.42 Å². The molecule has 2 rings (SSSR count). The Balaban J connectivity index is 2.09. The van der Waals surface area contributed by atoms with Crippen LogP contribution in [-0.4, -0.2) is 22.4 Å². The molecule has 5 atom stereocenters. The van der Waals surface area contributed by atoms with Crippen LogP contribution in [0, 0.1) is 29.7 Å². The lowest BCUT2D eigenvalue weighted by atomic mass is 9.85. The average Bonchev–Trinajstić information content (AvgIpc) is 2.99. The van der Waals surface area contributed by atoms with Gasteiger partial charge in [0.05, 0.1) is 18.6 Å². The van der Waals surface area contributed by atoms with Crippen LogP contribution in [0.1, 0.15) is 95.8 Å². The molecule has 3 nitrogen and oxygen atoms in total. The molecule has 1 aliphatic carbocycles. The van der Waals surface area contributed by atoms with E-state index in [-0.39, 0.29) is 23.3 Å². The minimum Gasteiger partial charge on any atom is -0.392 e. The lowest BCUT2D eigenvalue weighted by Gasteiger charge is -2.20. The van der Waals surface area contributed by atoms with Crippen molar-refractivity contribution in [3.05, 3.63) is 46.8 Å². The molecule has 3 unspecified atom stereocenters. The van der Waals surface area contributed by atoms with Crippen LogP contribution < -0.4 is 0 Å². The SMILES string of the molecule is [C-]#[N+][C@@H]1C[C@@H](O)C(c2ccc(C(O)CCCC(C)(C)C)cc2)C1C#CCCCC. The van der Waals surface area contributed by atoms with Crippen molar-refractivity contribution < 1.29 is 10.2 Å². The third-order valence-electron chi connectivity index (χ3n) is 5.90. The number of unbranched alkanes of at least 4 members (excludes halogenated alkanes) is 2. The maximum atomic E-state index is 10.6. The molecule has 1 aromatic carbocycles. The fourth-order valence-electron chi connectivity index (χ4n) is 4.16. The lowest BCUT2D eigenvalue weighted by Crippen LogP contribution is -2.18. The van der Waals surface area contributed by atoms with Crippen molar-refractivity contribution in [3.63, 3.8) is 0 Å². The molecule has 1 aromatic rings. The van der Waals surface area contributed by atoms with Crippen LogP contribution in [0.2, 0.25) is 0 Å². The Kier molecular flexibility index (Phi) is 8.76. The summed E-state index contributed by atoms with van der Waals surface area (Å²) in [5, 5.41) is 21.1. The molecule has 1 saturated carbocycles. The molecule has 1 aliphatic rings. The smallest absolute Gasteiger partial charge is 0.240 e. The van der Waals surface area contributed by atoms with Gasteiger partial charge >= 0.3 is 0 Å². The minimum atomic E-state index is -0.540. The highest BCUT2D eigenvalue weighted by atomic mass is 16.3. The second-order valence-electron chi connectivity index (χ2n) is 9.61. The number of nitrogens with zero attached hydrogens (tertiary/aromatic N) is 1. The van der Waals surface area contributed by atoms with Gasteiger partial charge in [-0.2, -0.15) is 0 Å². The fourth-order valence-corrected chi connectivity index (χ4v) is 4.16. The molecule has 0 spiro atoms. The van der Waals surface area contributed by atoms with Crippen LogP contribution in [0.5, 0.6) is 0 Å². The standard InChI is InChI=1S/C26H37NO2/c1-6-7-8-9-11-21-22(27-5)18-24(29)25(21)20-15-13-19(14-16-20)23(28)12-10-17-26(2,3)4/h13-16,21-25,28-29H,6-8,10,12,17-18H2,1-4H3/t21?,22-,23?,24-,25?/m1/s1. The molecule has 158 valence electrons. The Morgan fingerprint density at radius 1 is 1.21 bits per heavy atom. The molecule has 0 bridgehead atoms. The second-order valence-corrected chi connectivity index (χ2v) is 9.61. The highest BCUT2D eigenvalue weighted by Crippen LogP contribution is 2.42. The molecule has 3 heteroatoms. The predicted molar refractivity (Wildman–Crippen MR) is 119 cm³/mol. The Labute approximate surface area is 177 Å². The Morgan fingerprint density at radius 3 is 2.48 bits per heavy atom. The van der Waals surface area contributed by atoms with Gasteiger partial charge in [-0.3, -0.25) is 0 Å². The molecule has 0 radical (unpaired) electrons. The van der Waals surface area contributed by atoms with E-state index >= 15 is 0 Å². The van der Waals surface area contributed by atoms with Crippen molar-refractivity contribution in [2.24, 2.45) is 11.3 Å². The van der Waals surface area contributed by atoms with Crippen molar-refractivity contribution in [2.75, 3.05) is 0 Å². The third-order valence-corrected chi connectivity index (χ3v) is 5.90. The van der Waals surface area contributed by atoms with E-state index in [0.717, 1.165) is 49.7 Å². The summed E-state index contributed by atoms with van der Waals surface area (Å²) in [6.45, 7) is 16.3. The summed E-state index contributed by atoms with van der Waals surface area (Å²) in [5.74, 6) is 6.28. The van der Waals surface area contributed by atoms with Crippen LogP contribution >= 0.6 is 0 Å². The summed E-state index contributed by atoms with van der Waals surface area (Å²) >= 11 is 0. The molecule has 0 heterocycles. The number of rotatable bonds is 7. The minimum absolute atomic E-state index is 0.123. The first kappa shape index (κ1) is 23.5. The van der Waals surface area contributed by atoms with E-state index in [2.05, 4.69) is 44.4 Å². The molecule has 0 amide bonds. The zero-order valence-corrected chi connectivity index (χ0v) is 18.5. The molecular formula is C26H37NO2. The number of aliphatic hydroxyl groups is 2. The molecule has 0 aliphatic heterocycles. The summed E-state index contributed by atoms with van der Waals surface area (Å²) < 4.78 is 0. The summed E-state index contributed by atoms with van der Waals surface area (Å²) in [6, 6.07) is 7.70. The maximum absolute atomic E-state index is 10.6. The topological polar surface area (TPSA) is 44.8 Å². The van der Waals surface area contributed by atoms with Gasteiger partial charge < -0.3 is 15.1 Å². The normalized spacial score (nSPS) is 25.1. The quantitative estimate of drug-likeness (QED) is 0.344. The zero-order chi connectivity index (χ0) is 21.4. The van der Waals surface area contributed by atoms with Gasteiger partial charge in [-0.05, 0) is 35.8 Å². The van der Waals surface area contributed by atoms with E-state index in [1.807, 2.05) is 24.3 Å². The van der Waals surface area contributed by atoms with Crippen molar-refractivity contribution in [1.82, 2.24) is 0 Å². The summed E-state index contributed by atoms with van der Waals surface area (Å²) in [6.07, 6.45) is 5.35. The number of aliphatic hydroxyl groups excluding tert-OH is 2. The van der Waals surface area contributed by atoms with Crippen LogP contribution in [0.4, 0.5) is 0 Å². The predicted octanol–water partition coefficient (Wildman–Crippen LogP) is 5.88. The first-order valence-electron chi connectivity index (χ1n) is 11.1. The largest absolute Gasteiger partial charge is 0.392 e. The maximum Gasteiger partial charge on any atom is 0.240 e. The Hall–Kier alpha value is -1.81. The van der Waals surface area contributed by atoms with Gasteiger partial charge in [0.1, 0.15) is 5.92 Å². The summed E-state index contributed by atoms with van der Waals surface area (Å²) in [5.41, 5.74) is 2.22. The lowest BCUT2D eigenvalue weighted by molar-refractivity contribution is 0.157. The summed E-state index contributed by atoms with van der Waals surface area (Å²) in [7, 11) is 0. The Bertz CT molecular complexity index is 729. The van der Waals surface area contributed by atoms with Gasteiger partial charge in [0.15, 0.2) is 0 Å². The van der Waals surface area contributed by atoms with Crippen LogP contribution in [0.3, 0.4) is 0 Å². The molecule has 0 aromatic heterocycles. The van der Waals surface area contributed by atoms with Gasteiger partial charge in [0.2, 0.25) is 6.04 Å². The van der Waals surface area contributed by atoms with Gasteiger partial charge in [-0.1, -0.05) is 70.7 Å². The first-order valence-corrected chi connectivity index (χ1v) is 11.1. The second kappa shape index (κ2) is 10.8. The fraction of sp³-hybridized carbons (Fsp3) is 0.654. The monoisotopic (exact) mass is 395 g/mol. The number of hydrogen-bond acceptors (Lipinski definition) is 2.